The molecule has 2 aromatic carbocycles. The minimum atomic E-state index is 0. The zero-order valence-corrected chi connectivity index (χ0v) is 11.0. The molecule has 0 radical (unpaired) electrons. The number of nitrogens with two attached hydrogens (primary N) is 1. The van der Waals surface area contributed by atoms with Crippen LogP contribution in [0.25, 0.3) is 11.1 Å². The summed E-state index contributed by atoms with van der Waals surface area (Å²) < 4.78 is 0. The first kappa shape index (κ1) is 14.0. The van der Waals surface area contributed by atoms with Gasteiger partial charge in [0.25, 0.3) is 0 Å². The summed E-state index contributed by atoms with van der Waals surface area (Å²) in [6, 6.07) is 16.4. The molecular formula is C14H15Cl2N. The zero-order valence-electron chi connectivity index (χ0n) is 9.40. The standard InChI is InChI=1S/C14H14ClN.ClH/c15-14-7-5-13(6-8-14)12-3-1-11(2-4-12)9-10-16;/h1-8H,9-10,16H2;1H. The molecule has 0 bridgehead atoms. The molecule has 0 aliphatic carbocycles. The number of hydrogen-bond donors (Lipinski definition) is 1. The Morgan fingerprint density at radius 3 is 1.76 bits per heavy atom. The molecule has 2 N–H and O–H groups in total. The molecule has 2 rings (SSSR count). The minimum Gasteiger partial charge on any atom is -0.330 e. The molecule has 2 aromatic rings. The molecule has 0 atom stereocenters. The Bertz CT molecular complexity index is 449. The van der Waals surface area contributed by atoms with E-state index in [1.54, 1.807) is 0 Å². The summed E-state index contributed by atoms with van der Waals surface area (Å²) in [5, 5.41) is 0.767. The molecular weight excluding hydrogens is 253 g/mol. The van der Waals surface area contributed by atoms with Crippen LogP contribution in [0, 0.1) is 0 Å². The van der Waals surface area contributed by atoms with E-state index in [4.69, 9.17) is 17.3 Å². The molecule has 0 saturated heterocycles. The third-order valence-electron chi connectivity index (χ3n) is 2.56. The van der Waals surface area contributed by atoms with Crippen molar-refractivity contribution < 1.29 is 0 Å². The van der Waals surface area contributed by atoms with Gasteiger partial charge in [0.15, 0.2) is 0 Å². The summed E-state index contributed by atoms with van der Waals surface area (Å²) in [6.45, 7) is 0.695. The highest BCUT2D eigenvalue weighted by atomic mass is 35.5. The Kier molecular flexibility index (Phi) is 5.49. The average Bonchev–Trinajstić information content (AvgIpc) is 2.32. The van der Waals surface area contributed by atoms with Gasteiger partial charge in [0.1, 0.15) is 0 Å². The first-order chi connectivity index (χ1) is 7.79. The lowest BCUT2D eigenvalue weighted by Gasteiger charge is -2.03. The van der Waals surface area contributed by atoms with E-state index >= 15 is 0 Å². The van der Waals surface area contributed by atoms with E-state index in [9.17, 15) is 0 Å². The van der Waals surface area contributed by atoms with Crippen molar-refractivity contribution in [3.05, 3.63) is 59.1 Å². The molecule has 0 amide bonds. The van der Waals surface area contributed by atoms with E-state index in [1.165, 1.54) is 16.7 Å². The lowest BCUT2D eigenvalue weighted by atomic mass is 10.0. The molecule has 90 valence electrons. The molecule has 0 heterocycles. The van der Waals surface area contributed by atoms with Crippen LogP contribution in [0.5, 0.6) is 0 Å². The van der Waals surface area contributed by atoms with Crippen molar-refractivity contribution in [2.75, 3.05) is 6.54 Å². The van der Waals surface area contributed by atoms with E-state index in [0.717, 1.165) is 11.4 Å². The van der Waals surface area contributed by atoms with Gasteiger partial charge in [-0.25, -0.2) is 0 Å². The molecule has 0 saturated carbocycles. The van der Waals surface area contributed by atoms with E-state index < -0.39 is 0 Å². The fourth-order valence-corrected chi connectivity index (χ4v) is 1.80. The van der Waals surface area contributed by atoms with E-state index in [-0.39, 0.29) is 12.4 Å². The Morgan fingerprint density at radius 1 is 0.824 bits per heavy atom. The number of rotatable bonds is 3. The van der Waals surface area contributed by atoms with Gasteiger partial charge in [-0.3, -0.25) is 0 Å². The van der Waals surface area contributed by atoms with Crippen LogP contribution < -0.4 is 5.73 Å². The highest BCUT2D eigenvalue weighted by molar-refractivity contribution is 6.30. The molecule has 0 fully saturated rings. The second-order valence-corrected chi connectivity index (χ2v) is 4.18. The maximum absolute atomic E-state index is 5.85. The smallest absolute Gasteiger partial charge is 0.0406 e. The SMILES string of the molecule is Cl.NCCc1ccc(-c2ccc(Cl)cc2)cc1. The van der Waals surface area contributed by atoms with Crippen molar-refractivity contribution >= 4 is 24.0 Å². The molecule has 3 heteroatoms. The lowest BCUT2D eigenvalue weighted by molar-refractivity contribution is 0.969. The van der Waals surface area contributed by atoms with Gasteiger partial charge in [0.05, 0.1) is 0 Å². The van der Waals surface area contributed by atoms with Gasteiger partial charge >= 0.3 is 0 Å². The van der Waals surface area contributed by atoms with Gasteiger partial charge in [0.2, 0.25) is 0 Å². The minimum absolute atomic E-state index is 0. The van der Waals surface area contributed by atoms with Crippen LogP contribution in [0.3, 0.4) is 0 Å². The van der Waals surface area contributed by atoms with Crippen LogP contribution in [0.15, 0.2) is 48.5 Å². The summed E-state index contributed by atoms with van der Waals surface area (Å²) in [5.74, 6) is 0. The highest BCUT2D eigenvalue weighted by Crippen LogP contribution is 2.21. The van der Waals surface area contributed by atoms with Crippen LogP contribution >= 0.6 is 24.0 Å². The van der Waals surface area contributed by atoms with E-state index in [1.807, 2.05) is 24.3 Å². The van der Waals surface area contributed by atoms with Gasteiger partial charge < -0.3 is 5.73 Å². The number of halogens is 2. The quantitative estimate of drug-likeness (QED) is 0.896. The van der Waals surface area contributed by atoms with Gasteiger partial charge in [-0.15, -0.1) is 12.4 Å². The van der Waals surface area contributed by atoms with E-state index in [2.05, 4.69) is 24.3 Å². The largest absolute Gasteiger partial charge is 0.330 e. The lowest BCUT2D eigenvalue weighted by Crippen LogP contribution is -2.02. The second kappa shape index (κ2) is 6.65. The Balaban J connectivity index is 0.00000144. The highest BCUT2D eigenvalue weighted by Gasteiger charge is 1.97. The second-order valence-electron chi connectivity index (χ2n) is 3.74. The van der Waals surface area contributed by atoms with Crippen LogP contribution in [-0.4, -0.2) is 6.54 Å². The van der Waals surface area contributed by atoms with Crippen molar-refractivity contribution in [3.8, 4) is 11.1 Å². The van der Waals surface area contributed by atoms with Crippen LogP contribution in [-0.2, 0) is 6.42 Å². The maximum Gasteiger partial charge on any atom is 0.0406 e. The maximum atomic E-state index is 5.85. The van der Waals surface area contributed by atoms with Gasteiger partial charge in [-0.2, -0.15) is 0 Å². The molecule has 0 unspecified atom stereocenters. The summed E-state index contributed by atoms with van der Waals surface area (Å²) in [6.07, 6.45) is 0.931. The first-order valence-electron chi connectivity index (χ1n) is 5.34. The topological polar surface area (TPSA) is 26.0 Å². The molecule has 0 aliphatic heterocycles. The zero-order chi connectivity index (χ0) is 11.4. The van der Waals surface area contributed by atoms with Crippen molar-refractivity contribution in [1.29, 1.82) is 0 Å². The monoisotopic (exact) mass is 267 g/mol. The number of hydrogen-bond acceptors (Lipinski definition) is 1. The molecule has 0 spiro atoms. The summed E-state index contributed by atoms with van der Waals surface area (Å²) in [4.78, 5) is 0. The third kappa shape index (κ3) is 3.74. The molecule has 17 heavy (non-hydrogen) atoms. The summed E-state index contributed by atoms with van der Waals surface area (Å²) in [5.41, 5.74) is 9.18. The normalized spacial score (nSPS) is 9.76. The summed E-state index contributed by atoms with van der Waals surface area (Å²) >= 11 is 5.85. The van der Waals surface area contributed by atoms with Crippen LogP contribution in [0.2, 0.25) is 5.02 Å². The van der Waals surface area contributed by atoms with Crippen LogP contribution in [0.4, 0.5) is 0 Å². The van der Waals surface area contributed by atoms with Gasteiger partial charge in [0, 0.05) is 5.02 Å². The molecule has 0 aromatic heterocycles. The van der Waals surface area contributed by atoms with Crippen molar-refractivity contribution in [2.45, 2.75) is 6.42 Å². The van der Waals surface area contributed by atoms with E-state index in [0.29, 0.717) is 6.54 Å². The molecule has 0 aliphatic rings. The summed E-state index contributed by atoms with van der Waals surface area (Å²) in [7, 11) is 0. The predicted molar refractivity (Wildman–Crippen MR) is 76.9 cm³/mol. The van der Waals surface area contributed by atoms with Crippen molar-refractivity contribution in [3.63, 3.8) is 0 Å². The average molecular weight is 268 g/mol. The van der Waals surface area contributed by atoms with Gasteiger partial charge in [-0.05, 0) is 41.8 Å². The third-order valence-corrected chi connectivity index (χ3v) is 2.82. The van der Waals surface area contributed by atoms with Crippen LogP contribution in [0.1, 0.15) is 5.56 Å². The molecule has 1 nitrogen and oxygen atoms in total. The van der Waals surface area contributed by atoms with Crippen molar-refractivity contribution in [2.24, 2.45) is 5.73 Å². The fourth-order valence-electron chi connectivity index (χ4n) is 1.67. The predicted octanol–water partition coefficient (Wildman–Crippen LogP) is 3.93. The van der Waals surface area contributed by atoms with Crippen molar-refractivity contribution in [1.82, 2.24) is 0 Å². The fraction of sp³-hybridized carbons (Fsp3) is 0.143. The Morgan fingerprint density at radius 2 is 1.29 bits per heavy atom. The number of benzene rings is 2. The first-order valence-corrected chi connectivity index (χ1v) is 5.72. The van der Waals surface area contributed by atoms with Gasteiger partial charge in [-0.1, -0.05) is 48.0 Å². The Hall–Kier alpha value is -1.02. The Labute approximate surface area is 113 Å².